The lowest BCUT2D eigenvalue weighted by atomic mass is 10.0. The van der Waals surface area contributed by atoms with Crippen LogP contribution < -0.4 is 15.4 Å². The van der Waals surface area contributed by atoms with E-state index in [1.54, 1.807) is 31.4 Å². The van der Waals surface area contributed by atoms with Gasteiger partial charge < -0.3 is 15.4 Å². The van der Waals surface area contributed by atoms with E-state index in [1.807, 2.05) is 24.3 Å². The first kappa shape index (κ1) is 16.1. The molecule has 0 unspecified atom stereocenters. The summed E-state index contributed by atoms with van der Waals surface area (Å²) in [5, 5.41) is 5.81. The van der Waals surface area contributed by atoms with Crippen LogP contribution in [0.3, 0.4) is 0 Å². The molecule has 24 heavy (non-hydrogen) atoms. The van der Waals surface area contributed by atoms with Gasteiger partial charge in [-0.3, -0.25) is 9.59 Å². The quantitative estimate of drug-likeness (QED) is 0.888. The summed E-state index contributed by atoms with van der Waals surface area (Å²) in [6, 6.07) is 14.6. The van der Waals surface area contributed by atoms with E-state index in [4.69, 9.17) is 4.74 Å². The van der Waals surface area contributed by atoms with Crippen molar-refractivity contribution in [1.29, 1.82) is 0 Å². The van der Waals surface area contributed by atoms with E-state index in [1.165, 1.54) is 6.92 Å². The number of ether oxygens (including phenoxy) is 1. The minimum atomic E-state index is -0.347. The molecule has 0 radical (unpaired) electrons. The molecule has 1 aliphatic carbocycles. The number of benzene rings is 2. The molecular formula is C19H20N2O3. The van der Waals surface area contributed by atoms with Crippen molar-refractivity contribution in [2.75, 3.05) is 12.4 Å². The molecule has 3 rings (SSSR count). The standard InChI is InChI=1S/C19H20N2O3/c1-13(22)20-15-9-7-14(8-10-15)18(23)21-19(11-12-19)16-5-3-4-6-17(16)24-2/h3-10H,11-12H2,1-2H3,(H,20,22)(H,21,23). The van der Waals surface area contributed by atoms with Crippen molar-refractivity contribution in [2.24, 2.45) is 0 Å². The molecule has 0 saturated heterocycles. The molecule has 0 atom stereocenters. The normalized spacial score (nSPS) is 14.6. The number of anilines is 1. The predicted octanol–water partition coefficient (Wildman–Crippen LogP) is 3.07. The van der Waals surface area contributed by atoms with Crippen molar-refractivity contribution in [3.8, 4) is 5.75 Å². The first-order valence-electron chi connectivity index (χ1n) is 7.88. The lowest BCUT2D eigenvalue weighted by Crippen LogP contribution is -2.35. The van der Waals surface area contributed by atoms with Crippen molar-refractivity contribution in [3.63, 3.8) is 0 Å². The number of amides is 2. The Morgan fingerprint density at radius 3 is 2.29 bits per heavy atom. The molecule has 1 saturated carbocycles. The fourth-order valence-corrected chi connectivity index (χ4v) is 2.82. The van der Waals surface area contributed by atoms with Crippen molar-refractivity contribution in [1.82, 2.24) is 5.32 Å². The number of nitrogens with one attached hydrogen (secondary N) is 2. The molecule has 2 N–H and O–H groups in total. The summed E-state index contributed by atoms with van der Waals surface area (Å²) in [7, 11) is 1.64. The molecule has 2 amide bonds. The maximum atomic E-state index is 12.6. The lowest BCUT2D eigenvalue weighted by Gasteiger charge is -2.20. The minimum Gasteiger partial charge on any atom is -0.496 e. The van der Waals surface area contributed by atoms with Gasteiger partial charge >= 0.3 is 0 Å². The zero-order valence-corrected chi connectivity index (χ0v) is 13.8. The minimum absolute atomic E-state index is 0.132. The molecule has 1 aliphatic rings. The second kappa shape index (κ2) is 6.35. The Morgan fingerprint density at radius 2 is 1.71 bits per heavy atom. The van der Waals surface area contributed by atoms with Gasteiger partial charge in [0.2, 0.25) is 5.91 Å². The van der Waals surface area contributed by atoms with Crippen LogP contribution in [0.4, 0.5) is 5.69 Å². The number of para-hydroxylation sites is 1. The van der Waals surface area contributed by atoms with Crippen LogP contribution in [0, 0.1) is 0 Å². The van der Waals surface area contributed by atoms with Crippen LogP contribution in [0.5, 0.6) is 5.75 Å². The molecule has 0 heterocycles. The van der Waals surface area contributed by atoms with Crippen LogP contribution in [-0.2, 0) is 10.3 Å². The summed E-state index contributed by atoms with van der Waals surface area (Å²) >= 11 is 0. The third-order valence-electron chi connectivity index (χ3n) is 4.19. The maximum absolute atomic E-state index is 12.6. The zero-order valence-electron chi connectivity index (χ0n) is 13.8. The van der Waals surface area contributed by atoms with Gasteiger partial charge in [0.25, 0.3) is 5.91 Å². The average molecular weight is 324 g/mol. The van der Waals surface area contributed by atoms with E-state index in [2.05, 4.69) is 10.6 Å². The summed E-state index contributed by atoms with van der Waals surface area (Å²) < 4.78 is 5.42. The van der Waals surface area contributed by atoms with Crippen LogP contribution in [0.25, 0.3) is 0 Å². The number of hydrogen-bond donors (Lipinski definition) is 2. The van der Waals surface area contributed by atoms with Crippen molar-refractivity contribution < 1.29 is 14.3 Å². The van der Waals surface area contributed by atoms with Gasteiger partial charge in [0.1, 0.15) is 5.75 Å². The van der Waals surface area contributed by atoms with Crippen molar-refractivity contribution in [2.45, 2.75) is 25.3 Å². The SMILES string of the molecule is COc1ccccc1C1(NC(=O)c2ccc(NC(C)=O)cc2)CC1. The summed E-state index contributed by atoms with van der Waals surface area (Å²) in [6.07, 6.45) is 1.78. The molecule has 2 aromatic carbocycles. The van der Waals surface area contributed by atoms with E-state index >= 15 is 0 Å². The highest BCUT2D eigenvalue weighted by atomic mass is 16.5. The van der Waals surface area contributed by atoms with Gasteiger partial charge in [-0.1, -0.05) is 18.2 Å². The molecular weight excluding hydrogens is 304 g/mol. The number of methoxy groups -OCH3 is 1. The highest BCUT2D eigenvalue weighted by Crippen LogP contribution is 2.48. The molecule has 5 heteroatoms. The smallest absolute Gasteiger partial charge is 0.251 e. The monoisotopic (exact) mass is 324 g/mol. The van der Waals surface area contributed by atoms with Crippen LogP contribution in [0.15, 0.2) is 48.5 Å². The van der Waals surface area contributed by atoms with Gasteiger partial charge in [-0.05, 0) is 43.2 Å². The first-order valence-corrected chi connectivity index (χ1v) is 7.88. The topological polar surface area (TPSA) is 67.4 Å². The van der Waals surface area contributed by atoms with E-state index in [-0.39, 0.29) is 17.4 Å². The number of carbonyl (C=O) groups excluding carboxylic acids is 2. The van der Waals surface area contributed by atoms with Gasteiger partial charge in [0.05, 0.1) is 12.6 Å². The Morgan fingerprint density at radius 1 is 1.04 bits per heavy atom. The largest absolute Gasteiger partial charge is 0.496 e. The van der Waals surface area contributed by atoms with Crippen molar-refractivity contribution in [3.05, 3.63) is 59.7 Å². The summed E-state index contributed by atoms with van der Waals surface area (Å²) in [5.41, 5.74) is 1.89. The van der Waals surface area contributed by atoms with Crippen LogP contribution in [0.2, 0.25) is 0 Å². The van der Waals surface area contributed by atoms with Crippen molar-refractivity contribution >= 4 is 17.5 Å². The Hall–Kier alpha value is -2.82. The highest BCUT2D eigenvalue weighted by Gasteiger charge is 2.47. The lowest BCUT2D eigenvalue weighted by molar-refractivity contribution is -0.114. The average Bonchev–Trinajstić information content (AvgIpc) is 3.35. The molecule has 2 aromatic rings. The number of hydrogen-bond acceptors (Lipinski definition) is 3. The summed E-state index contributed by atoms with van der Waals surface area (Å²) in [5.74, 6) is 0.518. The molecule has 1 fully saturated rings. The third-order valence-corrected chi connectivity index (χ3v) is 4.19. The van der Waals surface area contributed by atoms with E-state index in [0.717, 1.165) is 24.2 Å². The van der Waals surface area contributed by atoms with E-state index in [9.17, 15) is 9.59 Å². The summed E-state index contributed by atoms with van der Waals surface area (Å²) in [4.78, 5) is 23.6. The molecule has 5 nitrogen and oxygen atoms in total. The molecule has 0 spiro atoms. The van der Waals surface area contributed by atoms with Crippen LogP contribution in [0.1, 0.15) is 35.7 Å². The Bertz CT molecular complexity index is 764. The number of carbonyl (C=O) groups is 2. The first-order chi connectivity index (χ1) is 11.5. The van der Waals surface area contributed by atoms with E-state index < -0.39 is 0 Å². The van der Waals surface area contributed by atoms with Gasteiger partial charge in [0, 0.05) is 23.7 Å². The third kappa shape index (κ3) is 3.25. The van der Waals surface area contributed by atoms with Gasteiger partial charge in [-0.15, -0.1) is 0 Å². The van der Waals surface area contributed by atoms with Crippen LogP contribution in [-0.4, -0.2) is 18.9 Å². The Kier molecular flexibility index (Phi) is 4.25. The fraction of sp³-hybridized carbons (Fsp3) is 0.263. The predicted molar refractivity (Wildman–Crippen MR) is 92.1 cm³/mol. The van der Waals surface area contributed by atoms with Gasteiger partial charge in [-0.2, -0.15) is 0 Å². The molecule has 0 aliphatic heterocycles. The fourth-order valence-electron chi connectivity index (χ4n) is 2.82. The second-order valence-corrected chi connectivity index (χ2v) is 6.00. The molecule has 0 bridgehead atoms. The zero-order chi connectivity index (χ0) is 17.2. The van der Waals surface area contributed by atoms with Gasteiger partial charge in [0.15, 0.2) is 0 Å². The maximum Gasteiger partial charge on any atom is 0.251 e. The van der Waals surface area contributed by atoms with E-state index in [0.29, 0.717) is 11.3 Å². The second-order valence-electron chi connectivity index (χ2n) is 6.00. The number of rotatable bonds is 5. The van der Waals surface area contributed by atoms with Crippen LogP contribution >= 0.6 is 0 Å². The highest BCUT2D eigenvalue weighted by molar-refractivity contribution is 5.96. The summed E-state index contributed by atoms with van der Waals surface area (Å²) in [6.45, 7) is 1.45. The van der Waals surface area contributed by atoms with Gasteiger partial charge in [-0.25, -0.2) is 0 Å². The Balaban J connectivity index is 1.76. The molecule has 124 valence electrons. The molecule has 0 aromatic heterocycles. The Labute approximate surface area is 141 Å².